The Labute approximate surface area is 153 Å². The second kappa shape index (κ2) is 9.06. The quantitative estimate of drug-likeness (QED) is 0.171. The molecule has 4 N–H and O–H groups in total. The molecule has 1 heterocycles. The second-order valence-corrected chi connectivity index (χ2v) is 7.78. The highest BCUT2D eigenvalue weighted by Gasteiger charge is 2.17. The molecule has 2 aromatic rings. The molecular weight excluding hydrogens is 390 g/mol. The van der Waals surface area contributed by atoms with E-state index < -0.39 is 13.3 Å². The van der Waals surface area contributed by atoms with Crippen LogP contribution in [0.4, 0.5) is 15.9 Å². The molecule has 0 spiro atoms. The van der Waals surface area contributed by atoms with Gasteiger partial charge in [0, 0.05) is 26.9 Å². The summed E-state index contributed by atoms with van der Waals surface area (Å²) in [4.78, 5) is 4.08. The maximum atomic E-state index is 13.2. The second-order valence-electron chi connectivity index (χ2n) is 5.00. The SMILES string of the molecule is COP(C)(=O)NCCNc1nonc1C(=Nc1ccc(F)c(Cl)c1)NO. The van der Waals surface area contributed by atoms with Crippen molar-refractivity contribution in [3.05, 3.63) is 34.7 Å². The summed E-state index contributed by atoms with van der Waals surface area (Å²) in [5.74, 6) is -0.502. The molecule has 0 saturated heterocycles. The van der Waals surface area contributed by atoms with Gasteiger partial charge in [0.15, 0.2) is 11.5 Å². The molecule has 0 fully saturated rings. The zero-order valence-corrected chi connectivity index (χ0v) is 15.5. The molecule has 0 aliphatic carbocycles. The Morgan fingerprint density at radius 1 is 1.46 bits per heavy atom. The standard InChI is InChI=1S/C13H17ClFN6O4P/c1-24-26(2,23)17-6-5-16-12-11(20-25-21-12)13(19-22)18-8-3-4-10(15)9(14)7-8/h3-4,7,22H,5-6H2,1-2H3,(H,16,21)(H,17,23)(H,18,19). The van der Waals surface area contributed by atoms with Crippen LogP contribution in [0.2, 0.25) is 5.02 Å². The Kier molecular flexibility index (Phi) is 7.06. The van der Waals surface area contributed by atoms with Crippen LogP contribution in [-0.2, 0) is 9.09 Å². The van der Waals surface area contributed by atoms with Crippen molar-refractivity contribution in [1.82, 2.24) is 20.9 Å². The molecule has 0 aliphatic rings. The first-order chi connectivity index (χ1) is 12.4. The van der Waals surface area contributed by atoms with E-state index in [9.17, 15) is 14.2 Å². The predicted molar refractivity (Wildman–Crippen MR) is 93.9 cm³/mol. The van der Waals surface area contributed by atoms with E-state index in [2.05, 4.69) is 30.3 Å². The number of rotatable bonds is 8. The Morgan fingerprint density at radius 2 is 2.23 bits per heavy atom. The first-order valence-electron chi connectivity index (χ1n) is 7.25. The van der Waals surface area contributed by atoms with Gasteiger partial charge in [-0.05, 0) is 28.5 Å². The summed E-state index contributed by atoms with van der Waals surface area (Å²) in [7, 11) is -1.49. The third kappa shape index (κ3) is 5.48. The van der Waals surface area contributed by atoms with Crippen LogP contribution >= 0.6 is 19.1 Å². The highest BCUT2D eigenvalue weighted by molar-refractivity contribution is 7.56. The number of amidine groups is 1. The van der Waals surface area contributed by atoms with Crippen LogP contribution in [-0.4, -0.2) is 48.2 Å². The maximum absolute atomic E-state index is 13.2. The Hall–Kier alpha value is -2.04. The number of hydroxylamine groups is 1. The summed E-state index contributed by atoms with van der Waals surface area (Å²) in [6.45, 7) is 2.06. The van der Waals surface area contributed by atoms with Gasteiger partial charge in [-0.1, -0.05) is 11.6 Å². The molecule has 1 aromatic heterocycles. The van der Waals surface area contributed by atoms with Crippen molar-refractivity contribution in [1.29, 1.82) is 0 Å². The van der Waals surface area contributed by atoms with Gasteiger partial charge in [0.25, 0.3) is 7.52 Å². The largest absolute Gasteiger partial charge is 0.364 e. The summed E-state index contributed by atoms with van der Waals surface area (Å²) < 4.78 is 34.4. The fourth-order valence-electron chi connectivity index (χ4n) is 1.78. The van der Waals surface area contributed by atoms with E-state index in [1.54, 1.807) is 0 Å². The maximum Gasteiger partial charge on any atom is 0.266 e. The molecule has 142 valence electrons. The normalized spacial score (nSPS) is 14.1. The number of aromatic nitrogens is 2. The van der Waals surface area contributed by atoms with Crippen LogP contribution < -0.4 is 15.9 Å². The monoisotopic (exact) mass is 406 g/mol. The van der Waals surface area contributed by atoms with E-state index in [0.717, 1.165) is 6.07 Å². The molecule has 26 heavy (non-hydrogen) atoms. The van der Waals surface area contributed by atoms with Gasteiger partial charge >= 0.3 is 0 Å². The Bertz CT molecular complexity index is 833. The molecule has 1 aromatic carbocycles. The minimum absolute atomic E-state index is 0.0828. The summed E-state index contributed by atoms with van der Waals surface area (Å²) in [5.41, 5.74) is 2.24. The number of hydrogen-bond donors (Lipinski definition) is 4. The van der Waals surface area contributed by atoms with Crippen LogP contribution in [0.1, 0.15) is 5.69 Å². The van der Waals surface area contributed by atoms with Crippen LogP contribution in [0.3, 0.4) is 0 Å². The van der Waals surface area contributed by atoms with Crippen molar-refractivity contribution >= 4 is 36.5 Å². The van der Waals surface area contributed by atoms with Crippen LogP contribution in [0, 0.1) is 5.82 Å². The molecule has 13 heteroatoms. The Morgan fingerprint density at radius 3 is 2.88 bits per heavy atom. The lowest BCUT2D eigenvalue weighted by molar-refractivity contribution is 0.234. The van der Waals surface area contributed by atoms with Gasteiger partial charge in [-0.3, -0.25) is 15.3 Å². The summed E-state index contributed by atoms with van der Waals surface area (Å²) in [5, 5.41) is 22.2. The zero-order chi connectivity index (χ0) is 19.2. The summed E-state index contributed by atoms with van der Waals surface area (Å²) in [6, 6.07) is 3.79. The smallest absolute Gasteiger partial charge is 0.266 e. The molecule has 1 atom stereocenters. The highest BCUT2D eigenvalue weighted by atomic mass is 35.5. The van der Waals surface area contributed by atoms with E-state index in [-0.39, 0.29) is 28.1 Å². The van der Waals surface area contributed by atoms with Crippen molar-refractivity contribution in [2.75, 3.05) is 32.2 Å². The number of halogens is 2. The topological polar surface area (TPSA) is 134 Å². The lowest BCUT2D eigenvalue weighted by atomic mass is 10.3. The average Bonchev–Trinajstić information content (AvgIpc) is 3.08. The number of benzene rings is 1. The molecule has 10 nitrogen and oxygen atoms in total. The third-order valence-corrected chi connectivity index (χ3v) is 4.91. The van der Waals surface area contributed by atoms with Crippen molar-refractivity contribution in [3.8, 4) is 0 Å². The first kappa shape index (κ1) is 20.3. The number of nitrogens with zero attached hydrogens (tertiary/aromatic N) is 3. The first-order valence-corrected chi connectivity index (χ1v) is 9.70. The van der Waals surface area contributed by atoms with Gasteiger partial charge in [-0.25, -0.2) is 19.1 Å². The molecule has 0 saturated carbocycles. The van der Waals surface area contributed by atoms with Gasteiger partial charge in [-0.15, -0.1) is 0 Å². The van der Waals surface area contributed by atoms with Gasteiger partial charge in [0.1, 0.15) is 5.82 Å². The molecule has 0 aliphatic heterocycles. The number of nitrogens with one attached hydrogen (secondary N) is 3. The van der Waals surface area contributed by atoms with Crippen molar-refractivity contribution in [3.63, 3.8) is 0 Å². The van der Waals surface area contributed by atoms with Gasteiger partial charge in [0.2, 0.25) is 5.82 Å². The molecule has 0 amide bonds. The highest BCUT2D eigenvalue weighted by Crippen LogP contribution is 2.35. The summed E-state index contributed by atoms with van der Waals surface area (Å²) in [6.07, 6.45) is 0. The zero-order valence-electron chi connectivity index (χ0n) is 13.9. The molecule has 2 rings (SSSR count). The molecule has 0 radical (unpaired) electrons. The van der Waals surface area contributed by atoms with Crippen molar-refractivity contribution in [2.24, 2.45) is 4.99 Å². The fourth-order valence-corrected chi connectivity index (χ4v) is 2.60. The van der Waals surface area contributed by atoms with E-state index in [0.29, 0.717) is 13.1 Å². The van der Waals surface area contributed by atoms with Crippen LogP contribution in [0.15, 0.2) is 27.8 Å². The van der Waals surface area contributed by atoms with E-state index in [1.807, 2.05) is 5.48 Å². The third-order valence-electron chi connectivity index (χ3n) is 3.13. The Balaban J connectivity index is 2.10. The lowest BCUT2D eigenvalue weighted by Gasteiger charge is -2.12. The molecule has 0 bridgehead atoms. The van der Waals surface area contributed by atoms with Gasteiger partial charge in [0.05, 0.1) is 10.7 Å². The average molecular weight is 407 g/mol. The minimum atomic E-state index is -2.84. The van der Waals surface area contributed by atoms with Gasteiger partial charge in [-0.2, -0.15) is 0 Å². The lowest BCUT2D eigenvalue weighted by Crippen LogP contribution is -2.24. The fraction of sp³-hybridized carbons (Fsp3) is 0.308. The van der Waals surface area contributed by atoms with E-state index in [4.69, 9.17) is 16.1 Å². The van der Waals surface area contributed by atoms with Crippen molar-refractivity contribution < 1.29 is 23.3 Å². The number of hydrogen-bond acceptors (Lipinski definition) is 8. The van der Waals surface area contributed by atoms with Crippen molar-refractivity contribution in [2.45, 2.75) is 0 Å². The van der Waals surface area contributed by atoms with Crippen LogP contribution in [0.25, 0.3) is 0 Å². The molecular formula is C13H17ClFN6O4P. The summed E-state index contributed by atoms with van der Waals surface area (Å²) >= 11 is 5.70. The van der Waals surface area contributed by atoms with E-state index in [1.165, 1.54) is 25.9 Å². The molecule has 1 unspecified atom stereocenters. The predicted octanol–water partition coefficient (Wildman–Crippen LogP) is 2.39. The minimum Gasteiger partial charge on any atom is -0.364 e. The number of anilines is 1. The van der Waals surface area contributed by atoms with Gasteiger partial charge < -0.3 is 9.84 Å². The van der Waals surface area contributed by atoms with E-state index >= 15 is 0 Å². The van der Waals surface area contributed by atoms with Crippen LogP contribution in [0.5, 0.6) is 0 Å². The number of aliphatic imine (C=N–C) groups is 1.